The van der Waals surface area contributed by atoms with Gasteiger partial charge in [0.15, 0.2) is 11.4 Å². The van der Waals surface area contributed by atoms with Crippen LogP contribution in [0.4, 0.5) is 5.69 Å². The number of nitrogens with two attached hydrogens (primary N) is 1. The molecule has 3 aromatic rings. The van der Waals surface area contributed by atoms with Crippen molar-refractivity contribution in [3.8, 4) is 11.6 Å². The van der Waals surface area contributed by atoms with Gasteiger partial charge in [0.25, 0.3) is 0 Å². The van der Waals surface area contributed by atoms with Crippen LogP contribution in [0.25, 0.3) is 5.65 Å². The number of para-hydroxylation sites is 1. The van der Waals surface area contributed by atoms with Crippen molar-refractivity contribution in [2.24, 2.45) is 0 Å². The van der Waals surface area contributed by atoms with Gasteiger partial charge >= 0.3 is 0 Å². The summed E-state index contributed by atoms with van der Waals surface area (Å²) in [7, 11) is 0. The maximum absolute atomic E-state index is 6.03. The van der Waals surface area contributed by atoms with Gasteiger partial charge in [-0.05, 0) is 12.1 Å². The molecule has 2 heterocycles. The van der Waals surface area contributed by atoms with Crippen LogP contribution in [0.5, 0.6) is 11.6 Å². The van der Waals surface area contributed by atoms with Gasteiger partial charge in [-0.15, -0.1) is 0 Å². The summed E-state index contributed by atoms with van der Waals surface area (Å²) in [5.74, 6) is 0.832. The van der Waals surface area contributed by atoms with Gasteiger partial charge in [-0.2, -0.15) is 10.1 Å². The average molecular weight is 261 g/mol. The largest absolute Gasteiger partial charge is 0.435 e. The molecule has 0 aliphatic rings. The normalized spacial score (nSPS) is 10.7. The van der Waals surface area contributed by atoms with Crippen molar-refractivity contribution in [1.82, 2.24) is 14.6 Å². The molecule has 0 aliphatic carbocycles. The van der Waals surface area contributed by atoms with Gasteiger partial charge in [-0.25, -0.2) is 4.52 Å². The second kappa shape index (κ2) is 4.19. The fourth-order valence-corrected chi connectivity index (χ4v) is 1.81. The molecule has 0 unspecified atom stereocenters. The van der Waals surface area contributed by atoms with Crippen LogP contribution in [0.15, 0.2) is 42.7 Å². The molecule has 1 aromatic carbocycles. The molecule has 3 rings (SSSR count). The molecule has 0 bridgehead atoms. The second-order valence-corrected chi connectivity index (χ2v) is 4.07. The van der Waals surface area contributed by atoms with E-state index in [-0.39, 0.29) is 0 Å². The highest BCUT2D eigenvalue weighted by molar-refractivity contribution is 6.32. The van der Waals surface area contributed by atoms with Crippen molar-refractivity contribution >= 4 is 22.9 Å². The van der Waals surface area contributed by atoms with Gasteiger partial charge in [0.2, 0.25) is 5.88 Å². The van der Waals surface area contributed by atoms with Crippen molar-refractivity contribution in [1.29, 1.82) is 0 Å². The molecule has 0 fully saturated rings. The maximum Gasteiger partial charge on any atom is 0.222 e. The third kappa shape index (κ3) is 1.84. The summed E-state index contributed by atoms with van der Waals surface area (Å²) < 4.78 is 7.25. The Kier molecular flexibility index (Phi) is 2.53. The molecule has 18 heavy (non-hydrogen) atoms. The van der Waals surface area contributed by atoms with E-state index in [1.165, 1.54) is 0 Å². The smallest absolute Gasteiger partial charge is 0.222 e. The number of halogens is 1. The van der Waals surface area contributed by atoms with Crippen LogP contribution < -0.4 is 10.5 Å². The molecule has 2 N–H and O–H groups in total. The first-order valence-electron chi connectivity index (χ1n) is 5.26. The Hall–Kier alpha value is -2.27. The summed E-state index contributed by atoms with van der Waals surface area (Å²) in [4.78, 5) is 4.28. The lowest BCUT2D eigenvalue weighted by molar-refractivity contribution is 0.465. The van der Waals surface area contributed by atoms with Crippen LogP contribution in [-0.2, 0) is 0 Å². The first-order chi connectivity index (χ1) is 8.74. The summed E-state index contributed by atoms with van der Waals surface area (Å²) >= 11 is 6.03. The minimum absolute atomic E-state index is 0.413. The first-order valence-corrected chi connectivity index (χ1v) is 5.64. The molecule has 0 atom stereocenters. The van der Waals surface area contributed by atoms with Crippen molar-refractivity contribution < 1.29 is 4.74 Å². The number of anilines is 1. The lowest BCUT2D eigenvalue weighted by Crippen LogP contribution is -1.96. The average Bonchev–Trinajstić information content (AvgIpc) is 2.81. The molecule has 0 amide bonds. The Morgan fingerprint density at radius 1 is 1.22 bits per heavy atom. The number of benzene rings is 1. The Balaban J connectivity index is 2.00. The minimum atomic E-state index is 0.413. The fourth-order valence-electron chi connectivity index (χ4n) is 1.59. The second-order valence-electron chi connectivity index (χ2n) is 3.66. The van der Waals surface area contributed by atoms with Crippen LogP contribution in [0, 0.1) is 0 Å². The predicted octanol–water partition coefficient (Wildman–Crippen LogP) is 2.76. The Morgan fingerprint density at radius 2 is 2.11 bits per heavy atom. The summed E-state index contributed by atoms with van der Waals surface area (Å²) in [6.07, 6.45) is 3.42. The maximum atomic E-state index is 6.03. The number of nitrogens with zero attached hydrogens (tertiary/aromatic N) is 3. The lowest BCUT2D eigenvalue weighted by atomic mass is 10.3. The summed E-state index contributed by atoms with van der Waals surface area (Å²) in [6.45, 7) is 0. The standard InChI is InChI=1S/C12H9ClN4O/c13-8-2-1-3-9(14)12(8)18-11-5-7-17-10(16-11)4-6-15-17/h1-7H,14H2. The molecule has 0 aliphatic heterocycles. The molecule has 90 valence electrons. The molecule has 0 saturated heterocycles. The number of fused-ring (bicyclic) bond motifs is 1. The quantitative estimate of drug-likeness (QED) is 0.720. The van der Waals surface area contributed by atoms with Gasteiger partial charge in [-0.1, -0.05) is 17.7 Å². The van der Waals surface area contributed by atoms with Crippen molar-refractivity contribution in [3.05, 3.63) is 47.7 Å². The monoisotopic (exact) mass is 260 g/mol. The zero-order valence-electron chi connectivity index (χ0n) is 9.25. The van der Waals surface area contributed by atoms with Crippen LogP contribution in [0.2, 0.25) is 5.02 Å². The molecule has 0 spiro atoms. The van der Waals surface area contributed by atoms with Crippen molar-refractivity contribution in [2.75, 3.05) is 5.73 Å². The third-order valence-corrected chi connectivity index (χ3v) is 2.73. The Bertz CT molecular complexity index is 690. The van der Waals surface area contributed by atoms with Crippen LogP contribution in [0.3, 0.4) is 0 Å². The number of hydrogen-bond acceptors (Lipinski definition) is 4. The topological polar surface area (TPSA) is 65.4 Å². The highest BCUT2D eigenvalue weighted by Gasteiger charge is 2.08. The van der Waals surface area contributed by atoms with Gasteiger partial charge < -0.3 is 10.5 Å². The highest BCUT2D eigenvalue weighted by Crippen LogP contribution is 2.33. The Labute approximate surface area is 108 Å². The third-order valence-electron chi connectivity index (χ3n) is 2.44. The SMILES string of the molecule is Nc1cccc(Cl)c1Oc1ccn2nccc2n1. The van der Waals surface area contributed by atoms with E-state index in [1.54, 1.807) is 47.2 Å². The molecule has 5 nitrogen and oxygen atoms in total. The van der Waals surface area contributed by atoms with E-state index < -0.39 is 0 Å². The minimum Gasteiger partial charge on any atom is -0.435 e. The zero-order chi connectivity index (χ0) is 12.5. The molecular formula is C12H9ClN4O. The predicted molar refractivity (Wildman–Crippen MR) is 68.9 cm³/mol. The fraction of sp³-hybridized carbons (Fsp3) is 0. The molecule has 6 heteroatoms. The van der Waals surface area contributed by atoms with Gasteiger partial charge in [0, 0.05) is 18.3 Å². The van der Waals surface area contributed by atoms with E-state index in [0.717, 1.165) is 0 Å². The summed E-state index contributed by atoms with van der Waals surface area (Å²) in [5.41, 5.74) is 6.97. The number of rotatable bonds is 2. The van der Waals surface area contributed by atoms with Crippen LogP contribution in [-0.4, -0.2) is 14.6 Å². The number of ether oxygens (including phenoxy) is 1. The van der Waals surface area contributed by atoms with Crippen molar-refractivity contribution in [3.63, 3.8) is 0 Å². The van der Waals surface area contributed by atoms with Crippen LogP contribution >= 0.6 is 11.6 Å². The van der Waals surface area contributed by atoms with E-state index in [1.807, 2.05) is 0 Å². The van der Waals surface area contributed by atoms with Gasteiger partial charge in [0.1, 0.15) is 0 Å². The van der Waals surface area contributed by atoms with E-state index in [2.05, 4.69) is 10.1 Å². The van der Waals surface area contributed by atoms with E-state index in [9.17, 15) is 0 Å². The van der Waals surface area contributed by atoms with E-state index in [0.29, 0.717) is 28.0 Å². The number of nitrogen functional groups attached to an aromatic ring is 1. The summed E-state index contributed by atoms with van der Waals surface area (Å²) in [5, 5.41) is 4.50. The van der Waals surface area contributed by atoms with Crippen LogP contribution in [0.1, 0.15) is 0 Å². The Morgan fingerprint density at radius 3 is 2.94 bits per heavy atom. The highest BCUT2D eigenvalue weighted by atomic mass is 35.5. The molecule has 2 aromatic heterocycles. The molecule has 0 saturated carbocycles. The zero-order valence-corrected chi connectivity index (χ0v) is 10.0. The van der Waals surface area contributed by atoms with E-state index in [4.69, 9.17) is 22.1 Å². The number of aromatic nitrogens is 3. The van der Waals surface area contributed by atoms with E-state index >= 15 is 0 Å². The van der Waals surface area contributed by atoms with Gasteiger partial charge in [-0.3, -0.25) is 0 Å². The lowest BCUT2D eigenvalue weighted by Gasteiger charge is -2.09. The molecule has 0 radical (unpaired) electrons. The first kappa shape index (κ1) is 10.9. The van der Waals surface area contributed by atoms with Crippen molar-refractivity contribution in [2.45, 2.75) is 0 Å². The summed E-state index contributed by atoms with van der Waals surface area (Å²) in [6, 6.07) is 8.67. The van der Waals surface area contributed by atoms with Gasteiger partial charge in [0.05, 0.1) is 16.9 Å². The molecular weight excluding hydrogens is 252 g/mol. The number of hydrogen-bond donors (Lipinski definition) is 1.